The van der Waals surface area contributed by atoms with Crippen LogP contribution in [0.25, 0.3) is 6.08 Å². The van der Waals surface area contributed by atoms with E-state index >= 15 is 0 Å². The highest BCUT2D eigenvalue weighted by molar-refractivity contribution is 5.92. The van der Waals surface area contributed by atoms with Gasteiger partial charge in [-0.15, -0.1) is 0 Å². The summed E-state index contributed by atoms with van der Waals surface area (Å²) < 4.78 is 16.1. The molecule has 0 heterocycles. The van der Waals surface area contributed by atoms with Crippen LogP contribution in [-0.2, 0) is 4.79 Å². The second-order valence-electron chi connectivity index (χ2n) is 5.65. The zero-order valence-electron chi connectivity index (χ0n) is 15.6. The van der Waals surface area contributed by atoms with E-state index in [4.69, 9.17) is 14.2 Å². The maximum absolute atomic E-state index is 12.3. The number of hydrogen-bond acceptors (Lipinski definition) is 4. The fourth-order valence-electron chi connectivity index (χ4n) is 2.54. The maximum atomic E-state index is 12.3. The van der Waals surface area contributed by atoms with E-state index in [0.717, 1.165) is 16.9 Å². The Labute approximate surface area is 154 Å². The molecule has 2 aromatic rings. The summed E-state index contributed by atoms with van der Waals surface area (Å²) in [6, 6.07) is 13.0. The molecule has 2 aromatic carbocycles. The molecule has 0 aliphatic carbocycles. The molecule has 0 aliphatic heterocycles. The molecule has 1 amide bonds. The molecule has 0 bridgehead atoms. The number of ether oxygens (including phenoxy) is 3. The quantitative estimate of drug-likeness (QED) is 0.728. The highest BCUT2D eigenvalue weighted by Gasteiger charge is 2.11. The van der Waals surface area contributed by atoms with Crippen molar-refractivity contribution in [3.05, 3.63) is 59.7 Å². The van der Waals surface area contributed by atoms with Crippen molar-refractivity contribution in [2.45, 2.75) is 19.9 Å². The molecule has 0 spiro atoms. The van der Waals surface area contributed by atoms with E-state index in [0.29, 0.717) is 18.1 Å². The van der Waals surface area contributed by atoms with Gasteiger partial charge in [0.05, 0.1) is 26.9 Å². The lowest BCUT2D eigenvalue weighted by molar-refractivity contribution is -0.117. The minimum absolute atomic E-state index is 0.172. The first-order chi connectivity index (χ1) is 12.6. The van der Waals surface area contributed by atoms with Crippen molar-refractivity contribution in [1.82, 2.24) is 5.32 Å². The molecule has 138 valence electrons. The van der Waals surface area contributed by atoms with Crippen LogP contribution in [0.1, 0.15) is 31.0 Å². The van der Waals surface area contributed by atoms with Gasteiger partial charge in [0.1, 0.15) is 5.75 Å². The van der Waals surface area contributed by atoms with Crippen LogP contribution in [0.2, 0.25) is 0 Å². The summed E-state index contributed by atoms with van der Waals surface area (Å²) in [7, 11) is 3.18. The molecule has 0 fully saturated rings. The molecule has 0 saturated carbocycles. The Morgan fingerprint density at radius 3 is 2.50 bits per heavy atom. The lowest BCUT2D eigenvalue weighted by Crippen LogP contribution is -2.24. The fraction of sp³-hybridized carbons (Fsp3) is 0.286. The largest absolute Gasteiger partial charge is 0.493 e. The molecule has 0 radical (unpaired) electrons. The number of nitrogens with one attached hydrogen (secondary N) is 1. The number of benzene rings is 2. The Morgan fingerprint density at radius 1 is 1.08 bits per heavy atom. The van der Waals surface area contributed by atoms with Crippen LogP contribution in [0.5, 0.6) is 17.2 Å². The normalized spacial score (nSPS) is 11.8. The number of carbonyl (C=O) groups is 1. The van der Waals surface area contributed by atoms with Crippen LogP contribution in [0, 0.1) is 0 Å². The molecule has 26 heavy (non-hydrogen) atoms. The predicted octanol–water partition coefficient (Wildman–Crippen LogP) is 3.99. The van der Waals surface area contributed by atoms with Gasteiger partial charge in [-0.3, -0.25) is 4.79 Å². The standard InChI is InChI=1S/C21H25NO4/c1-5-26-18-9-7-6-8-16(18)11-13-21(23)22-15(2)17-10-12-19(24-3)20(14-17)25-4/h6-15H,5H2,1-4H3,(H,22,23)/b13-11+. The van der Waals surface area contributed by atoms with E-state index in [2.05, 4.69) is 5.32 Å². The molecular weight excluding hydrogens is 330 g/mol. The first-order valence-corrected chi connectivity index (χ1v) is 8.51. The summed E-state index contributed by atoms with van der Waals surface area (Å²) in [5.41, 5.74) is 1.79. The summed E-state index contributed by atoms with van der Waals surface area (Å²) >= 11 is 0. The lowest BCUT2D eigenvalue weighted by Gasteiger charge is -2.15. The van der Waals surface area contributed by atoms with Crippen LogP contribution >= 0.6 is 0 Å². The van der Waals surface area contributed by atoms with Crippen molar-refractivity contribution in [1.29, 1.82) is 0 Å². The smallest absolute Gasteiger partial charge is 0.244 e. The van der Waals surface area contributed by atoms with Crippen LogP contribution in [-0.4, -0.2) is 26.7 Å². The predicted molar refractivity (Wildman–Crippen MR) is 103 cm³/mol. The SMILES string of the molecule is CCOc1ccccc1/C=C/C(=O)NC(C)c1ccc(OC)c(OC)c1. The molecule has 0 aliphatic rings. The van der Waals surface area contributed by atoms with Gasteiger partial charge >= 0.3 is 0 Å². The summed E-state index contributed by atoms with van der Waals surface area (Å²) in [6.07, 6.45) is 3.26. The molecule has 5 heteroatoms. The van der Waals surface area contributed by atoms with Crippen molar-refractivity contribution < 1.29 is 19.0 Å². The summed E-state index contributed by atoms with van der Waals surface area (Å²) in [5, 5.41) is 2.94. The third-order valence-corrected chi connectivity index (χ3v) is 3.90. The van der Waals surface area contributed by atoms with Crippen LogP contribution in [0.3, 0.4) is 0 Å². The van der Waals surface area contributed by atoms with Gasteiger partial charge in [-0.05, 0) is 43.7 Å². The van der Waals surface area contributed by atoms with Crippen LogP contribution in [0.15, 0.2) is 48.5 Å². The fourth-order valence-corrected chi connectivity index (χ4v) is 2.54. The van der Waals surface area contributed by atoms with Crippen molar-refractivity contribution >= 4 is 12.0 Å². The first-order valence-electron chi connectivity index (χ1n) is 8.51. The number of methoxy groups -OCH3 is 2. The summed E-state index contributed by atoms with van der Waals surface area (Å²) in [5.74, 6) is 1.86. The number of rotatable bonds is 8. The van der Waals surface area contributed by atoms with Gasteiger partial charge < -0.3 is 19.5 Å². The average molecular weight is 355 g/mol. The second-order valence-corrected chi connectivity index (χ2v) is 5.65. The number of hydrogen-bond donors (Lipinski definition) is 1. The van der Waals surface area contributed by atoms with Crippen LogP contribution in [0.4, 0.5) is 0 Å². The zero-order chi connectivity index (χ0) is 18.9. The topological polar surface area (TPSA) is 56.8 Å². The Hall–Kier alpha value is -2.95. The Kier molecular flexibility index (Phi) is 7.09. The van der Waals surface area contributed by atoms with Crippen LogP contribution < -0.4 is 19.5 Å². The summed E-state index contributed by atoms with van der Waals surface area (Å²) in [6.45, 7) is 4.42. The van der Waals surface area contributed by atoms with Gasteiger partial charge in [0.15, 0.2) is 11.5 Å². The number of amides is 1. The van der Waals surface area contributed by atoms with E-state index < -0.39 is 0 Å². The van der Waals surface area contributed by atoms with Crippen molar-refractivity contribution in [3.8, 4) is 17.2 Å². The highest BCUT2D eigenvalue weighted by Crippen LogP contribution is 2.29. The lowest BCUT2D eigenvalue weighted by atomic mass is 10.1. The van der Waals surface area contributed by atoms with E-state index in [1.165, 1.54) is 6.08 Å². The Morgan fingerprint density at radius 2 is 1.81 bits per heavy atom. The third-order valence-electron chi connectivity index (χ3n) is 3.90. The molecular formula is C21H25NO4. The monoisotopic (exact) mass is 355 g/mol. The first kappa shape index (κ1) is 19.4. The number of carbonyl (C=O) groups excluding carboxylic acids is 1. The molecule has 1 unspecified atom stereocenters. The zero-order valence-corrected chi connectivity index (χ0v) is 15.6. The Balaban J connectivity index is 2.05. The van der Waals surface area contributed by atoms with E-state index in [-0.39, 0.29) is 11.9 Å². The molecule has 5 nitrogen and oxygen atoms in total. The minimum Gasteiger partial charge on any atom is -0.493 e. The van der Waals surface area contributed by atoms with E-state index in [9.17, 15) is 4.79 Å². The highest BCUT2D eigenvalue weighted by atomic mass is 16.5. The molecule has 1 N–H and O–H groups in total. The van der Waals surface area contributed by atoms with Crippen molar-refractivity contribution in [2.75, 3.05) is 20.8 Å². The van der Waals surface area contributed by atoms with Gasteiger partial charge in [0.2, 0.25) is 5.91 Å². The van der Waals surface area contributed by atoms with Gasteiger partial charge in [-0.1, -0.05) is 24.3 Å². The molecule has 1 atom stereocenters. The molecule has 0 aromatic heterocycles. The van der Waals surface area contributed by atoms with Crippen molar-refractivity contribution in [2.24, 2.45) is 0 Å². The van der Waals surface area contributed by atoms with Gasteiger partial charge in [-0.25, -0.2) is 0 Å². The second kappa shape index (κ2) is 9.51. The van der Waals surface area contributed by atoms with Gasteiger partial charge in [-0.2, -0.15) is 0 Å². The summed E-state index contributed by atoms with van der Waals surface area (Å²) in [4.78, 5) is 12.3. The molecule has 2 rings (SSSR count). The minimum atomic E-state index is -0.182. The maximum Gasteiger partial charge on any atom is 0.244 e. The van der Waals surface area contributed by atoms with E-state index in [1.54, 1.807) is 20.3 Å². The molecule has 0 saturated heterocycles. The average Bonchev–Trinajstić information content (AvgIpc) is 2.66. The third kappa shape index (κ3) is 5.02. The van der Waals surface area contributed by atoms with Gasteiger partial charge in [0, 0.05) is 11.6 Å². The number of para-hydroxylation sites is 1. The van der Waals surface area contributed by atoms with Crippen molar-refractivity contribution in [3.63, 3.8) is 0 Å². The Bertz CT molecular complexity index is 770. The van der Waals surface area contributed by atoms with Gasteiger partial charge in [0.25, 0.3) is 0 Å². The van der Waals surface area contributed by atoms with E-state index in [1.807, 2.05) is 56.3 Å².